The molecular weight excluding hydrogens is 382 g/mol. The first-order chi connectivity index (χ1) is 14.4. The molecule has 0 bridgehead atoms. The van der Waals surface area contributed by atoms with Gasteiger partial charge in [-0.05, 0) is 48.2 Å². The van der Waals surface area contributed by atoms with Crippen LogP contribution in [-0.2, 0) is 20.7 Å². The number of benzene rings is 2. The van der Waals surface area contributed by atoms with Crippen molar-refractivity contribution in [1.29, 1.82) is 0 Å². The molecule has 1 atom stereocenters. The highest BCUT2D eigenvalue weighted by atomic mass is 16.5. The Bertz CT molecular complexity index is 978. The molecule has 1 N–H and O–H groups in total. The molecule has 1 saturated heterocycles. The van der Waals surface area contributed by atoms with Gasteiger partial charge in [-0.1, -0.05) is 31.2 Å². The van der Waals surface area contributed by atoms with Crippen LogP contribution in [0.25, 0.3) is 5.76 Å². The van der Waals surface area contributed by atoms with E-state index in [4.69, 9.17) is 9.47 Å². The summed E-state index contributed by atoms with van der Waals surface area (Å²) in [6.07, 6.45) is 0.884. The number of ketones is 1. The zero-order chi connectivity index (χ0) is 21.8. The van der Waals surface area contributed by atoms with Crippen LogP contribution in [0.4, 0.5) is 0 Å². The number of nitrogens with zero attached hydrogens (tertiary/aromatic N) is 1. The summed E-state index contributed by atoms with van der Waals surface area (Å²) in [7, 11) is 3.12. The molecule has 30 heavy (non-hydrogen) atoms. The summed E-state index contributed by atoms with van der Waals surface area (Å²) < 4.78 is 10.4. The zero-order valence-corrected chi connectivity index (χ0v) is 17.8. The fraction of sp³-hybridized carbons (Fsp3) is 0.333. The molecule has 6 nitrogen and oxygen atoms in total. The fourth-order valence-electron chi connectivity index (χ4n) is 3.76. The number of methoxy groups -OCH3 is 2. The summed E-state index contributed by atoms with van der Waals surface area (Å²) in [5.74, 6) is -0.840. The molecule has 1 heterocycles. The lowest BCUT2D eigenvalue weighted by molar-refractivity contribution is -0.140. The Balaban J connectivity index is 2.14. The lowest BCUT2D eigenvalue weighted by Crippen LogP contribution is -2.32. The number of hydrogen-bond donors (Lipinski definition) is 1. The minimum Gasteiger partial charge on any atom is -0.507 e. The minimum absolute atomic E-state index is 0.0879. The largest absolute Gasteiger partial charge is 0.507 e. The van der Waals surface area contributed by atoms with Crippen molar-refractivity contribution in [2.75, 3.05) is 27.4 Å². The van der Waals surface area contributed by atoms with E-state index in [1.54, 1.807) is 32.4 Å². The molecule has 2 aromatic rings. The van der Waals surface area contributed by atoms with E-state index in [9.17, 15) is 14.7 Å². The van der Waals surface area contributed by atoms with E-state index < -0.39 is 17.7 Å². The Labute approximate surface area is 176 Å². The molecule has 0 aliphatic carbocycles. The first-order valence-corrected chi connectivity index (χ1v) is 9.94. The van der Waals surface area contributed by atoms with Crippen LogP contribution in [0.15, 0.2) is 48.0 Å². The average Bonchev–Trinajstić information content (AvgIpc) is 3.01. The van der Waals surface area contributed by atoms with Gasteiger partial charge in [-0.15, -0.1) is 0 Å². The lowest BCUT2D eigenvalue weighted by atomic mass is 9.94. The Kier molecular flexibility index (Phi) is 6.57. The first kappa shape index (κ1) is 21.6. The van der Waals surface area contributed by atoms with Crippen molar-refractivity contribution < 1.29 is 24.2 Å². The summed E-state index contributed by atoms with van der Waals surface area (Å²) in [6.45, 7) is 4.46. The molecule has 1 amide bonds. The van der Waals surface area contributed by atoms with Gasteiger partial charge in [0.1, 0.15) is 11.5 Å². The van der Waals surface area contributed by atoms with Crippen LogP contribution in [0.1, 0.15) is 35.2 Å². The lowest BCUT2D eigenvalue weighted by Gasteiger charge is -2.25. The molecule has 1 aliphatic heterocycles. The highest BCUT2D eigenvalue weighted by Gasteiger charge is 2.45. The average molecular weight is 409 g/mol. The summed E-state index contributed by atoms with van der Waals surface area (Å²) in [4.78, 5) is 27.2. The van der Waals surface area contributed by atoms with Gasteiger partial charge in [0.15, 0.2) is 0 Å². The monoisotopic (exact) mass is 409 g/mol. The number of rotatable bonds is 7. The maximum absolute atomic E-state index is 12.9. The van der Waals surface area contributed by atoms with E-state index >= 15 is 0 Å². The molecule has 1 fully saturated rings. The standard InChI is InChI=1S/C24H27NO5/c1-5-16-6-8-17(9-7-16)21-20(23(27)24(28)25(21)12-13-29-3)22(26)18-10-11-19(30-4)15(2)14-18/h6-11,14,21,26H,5,12-13H2,1-4H3/b22-20+. The zero-order valence-electron chi connectivity index (χ0n) is 17.8. The van der Waals surface area contributed by atoms with Gasteiger partial charge in [-0.2, -0.15) is 0 Å². The third-order valence-electron chi connectivity index (χ3n) is 5.45. The first-order valence-electron chi connectivity index (χ1n) is 9.94. The third kappa shape index (κ3) is 3.96. The summed E-state index contributed by atoms with van der Waals surface area (Å²) >= 11 is 0. The van der Waals surface area contributed by atoms with Crippen molar-refractivity contribution in [2.24, 2.45) is 0 Å². The fourth-order valence-corrected chi connectivity index (χ4v) is 3.76. The van der Waals surface area contributed by atoms with Crippen LogP contribution >= 0.6 is 0 Å². The second kappa shape index (κ2) is 9.13. The van der Waals surface area contributed by atoms with Crippen molar-refractivity contribution in [3.05, 3.63) is 70.3 Å². The molecule has 0 aromatic heterocycles. The molecule has 3 rings (SSSR count). The van der Waals surface area contributed by atoms with Crippen molar-refractivity contribution in [1.82, 2.24) is 4.90 Å². The van der Waals surface area contributed by atoms with Crippen LogP contribution in [0.2, 0.25) is 0 Å². The van der Waals surface area contributed by atoms with Gasteiger partial charge < -0.3 is 19.5 Å². The van der Waals surface area contributed by atoms with E-state index in [2.05, 4.69) is 6.92 Å². The molecule has 1 unspecified atom stereocenters. The maximum Gasteiger partial charge on any atom is 0.295 e. The molecule has 2 aromatic carbocycles. The van der Waals surface area contributed by atoms with Gasteiger partial charge in [-0.3, -0.25) is 9.59 Å². The van der Waals surface area contributed by atoms with Gasteiger partial charge in [0.2, 0.25) is 0 Å². The molecule has 0 saturated carbocycles. The quantitative estimate of drug-likeness (QED) is 0.429. The highest BCUT2D eigenvalue weighted by molar-refractivity contribution is 6.46. The number of aryl methyl sites for hydroxylation is 2. The van der Waals surface area contributed by atoms with Gasteiger partial charge in [0, 0.05) is 19.2 Å². The highest BCUT2D eigenvalue weighted by Crippen LogP contribution is 2.39. The Morgan fingerprint density at radius 1 is 1.10 bits per heavy atom. The number of likely N-dealkylation sites (tertiary alicyclic amines) is 1. The minimum atomic E-state index is -0.693. The van der Waals surface area contributed by atoms with E-state index in [1.807, 2.05) is 31.2 Å². The number of hydrogen-bond acceptors (Lipinski definition) is 5. The van der Waals surface area contributed by atoms with Crippen molar-refractivity contribution in [3.8, 4) is 5.75 Å². The van der Waals surface area contributed by atoms with Crippen molar-refractivity contribution in [2.45, 2.75) is 26.3 Å². The number of amides is 1. The van der Waals surface area contributed by atoms with Crippen LogP contribution in [0.3, 0.4) is 0 Å². The smallest absolute Gasteiger partial charge is 0.295 e. The second-order valence-electron chi connectivity index (χ2n) is 7.26. The molecule has 0 spiro atoms. The topological polar surface area (TPSA) is 76.1 Å². The van der Waals surface area contributed by atoms with Gasteiger partial charge >= 0.3 is 0 Å². The molecule has 1 aliphatic rings. The molecule has 158 valence electrons. The Morgan fingerprint density at radius 2 is 1.80 bits per heavy atom. The van der Waals surface area contributed by atoms with Crippen LogP contribution in [0.5, 0.6) is 5.75 Å². The van der Waals surface area contributed by atoms with Crippen LogP contribution in [0, 0.1) is 6.92 Å². The van der Waals surface area contributed by atoms with E-state index in [0.29, 0.717) is 11.3 Å². The number of ether oxygens (including phenoxy) is 2. The normalized spacial score (nSPS) is 18.1. The summed E-state index contributed by atoms with van der Waals surface area (Å²) in [5, 5.41) is 11.1. The van der Waals surface area contributed by atoms with Crippen molar-refractivity contribution in [3.63, 3.8) is 0 Å². The number of aliphatic hydroxyl groups excluding tert-OH is 1. The van der Waals surface area contributed by atoms with Crippen molar-refractivity contribution >= 4 is 17.4 Å². The molecule has 0 radical (unpaired) electrons. The van der Waals surface area contributed by atoms with E-state index in [1.165, 1.54) is 4.90 Å². The third-order valence-corrected chi connectivity index (χ3v) is 5.45. The number of carbonyl (C=O) groups excluding carboxylic acids is 2. The predicted molar refractivity (Wildman–Crippen MR) is 114 cm³/mol. The van der Waals surface area contributed by atoms with Gasteiger partial charge in [0.25, 0.3) is 11.7 Å². The van der Waals surface area contributed by atoms with E-state index in [0.717, 1.165) is 23.1 Å². The van der Waals surface area contributed by atoms with Gasteiger partial charge in [-0.25, -0.2) is 0 Å². The van der Waals surface area contributed by atoms with Gasteiger partial charge in [0.05, 0.1) is 25.3 Å². The van der Waals surface area contributed by atoms with Crippen LogP contribution in [-0.4, -0.2) is 49.1 Å². The second-order valence-corrected chi connectivity index (χ2v) is 7.26. The predicted octanol–water partition coefficient (Wildman–Crippen LogP) is 3.63. The Morgan fingerprint density at radius 3 is 2.37 bits per heavy atom. The molecular formula is C24H27NO5. The molecule has 6 heteroatoms. The maximum atomic E-state index is 12.9. The summed E-state index contributed by atoms with van der Waals surface area (Å²) in [5.41, 5.74) is 3.30. The number of aliphatic hydroxyl groups is 1. The number of carbonyl (C=O) groups is 2. The SMILES string of the molecule is CCc1ccc(C2/C(=C(\O)c3ccc(OC)c(C)c3)C(=O)C(=O)N2CCOC)cc1. The Hall–Kier alpha value is -3.12. The number of Topliss-reactive ketones (excluding diaryl/α,β-unsaturated/α-hetero) is 1. The van der Waals surface area contributed by atoms with Crippen LogP contribution < -0.4 is 4.74 Å². The van der Waals surface area contributed by atoms with E-state index in [-0.39, 0.29) is 24.5 Å². The summed E-state index contributed by atoms with van der Waals surface area (Å²) in [6, 6.07) is 12.2.